The van der Waals surface area contributed by atoms with Crippen LogP contribution >= 0.6 is 0 Å². The van der Waals surface area contributed by atoms with Crippen LogP contribution in [-0.4, -0.2) is 20.2 Å². The monoisotopic (exact) mass is 238 g/mol. The van der Waals surface area contributed by atoms with Crippen molar-refractivity contribution in [2.45, 2.75) is 12.6 Å². The Kier molecular flexibility index (Phi) is 2.98. The van der Waals surface area contributed by atoms with Gasteiger partial charge in [0.2, 0.25) is 0 Å². The van der Waals surface area contributed by atoms with E-state index in [-0.39, 0.29) is 11.8 Å². The predicted molar refractivity (Wildman–Crippen MR) is 64.4 cm³/mol. The van der Waals surface area contributed by atoms with Crippen molar-refractivity contribution in [3.8, 4) is 0 Å². The SMILES string of the molecule is Nc1ccccc1CNC1C=CS(=O)(=O)C1. The fourth-order valence-electron chi connectivity index (χ4n) is 1.64. The molecule has 4 nitrogen and oxygen atoms in total. The minimum Gasteiger partial charge on any atom is -0.398 e. The number of nitrogens with one attached hydrogen (secondary N) is 1. The summed E-state index contributed by atoms with van der Waals surface area (Å²) in [4.78, 5) is 0. The Morgan fingerprint density at radius 3 is 2.75 bits per heavy atom. The van der Waals surface area contributed by atoms with Gasteiger partial charge >= 0.3 is 0 Å². The average Bonchev–Trinajstić information content (AvgIpc) is 2.57. The first-order valence-corrected chi connectivity index (χ1v) is 6.76. The highest BCUT2D eigenvalue weighted by Crippen LogP contribution is 2.12. The maximum Gasteiger partial charge on any atom is 0.173 e. The van der Waals surface area contributed by atoms with Crippen LogP contribution < -0.4 is 11.1 Å². The molecule has 5 heteroatoms. The number of anilines is 1. The third-order valence-corrected chi connectivity index (χ3v) is 3.94. The second-order valence-corrected chi connectivity index (χ2v) is 5.78. The summed E-state index contributed by atoms with van der Waals surface area (Å²) in [5.41, 5.74) is 7.49. The van der Waals surface area contributed by atoms with Crippen LogP contribution in [0.25, 0.3) is 0 Å². The smallest absolute Gasteiger partial charge is 0.173 e. The third kappa shape index (κ3) is 2.62. The van der Waals surface area contributed by atoms with E-state index in [1.165, 1.54) is 5.41 Å². The van der Waals surface area contributed by atoms with Gasteiger partial charge in [-0.05, 0) is 11.6 Å². The van der Waals surface area contributed by atoms with Gasteiger partial charge in [-0.1, -0.05) is 24.3 Å². The summed E-state index contributed by atoms with van der Waals surface area (Å²) in [6.45, 7) is 0.581. The van der Waals surface area contributed by atoms with Crippen molar-refractivity contribution in [2.75, 3.05) is 11.5 Å². The van der Waals surface area contributed by atoms with Crippen LogP contribution in [0.5, 0.6) is 0 Å². The van der Waals surface area contributed by atoms with Gasteiger partial charge in [0.1, 0.15) is 0 Å². The number of nitrogen functional groups attached to an aromatic ring is 1. The van der Waals surface area contributed by atoms with Crippen molar-refractivity contribution in [3.63, 3.8) is 0 Å². The highest BCUT2D eigenvalue weighted by Gasteiger charge is 2.20. The zero-order chi connectivity index (χ0) is 11.6. The van der Waals surface area contributed by atoms with E-state index in [0.29, 0.717) is 6.54 Å². The van der Waals surface area contributed by atoms with Crippen LogP contribution in [0.3, 0.4) is 0 Å². The van der Waals surface area contributed by atoms with E-state index >= 15 is 0 Å². The normalized spacial score (nSPS) is 22.4. The second kappa shape index (κ2) is 4.27. The lowest BCUT2D eigenvalue weighted by atomic mass is 10.2. The molecule has 0 saturated heterocycles. The number of hydrogen-bond donors (Lipinski definition) is 2. The number of hydrogen-bond acceptors (Lipinski definition) is 4. The molecule has 0 aliphatic carbocycles. The molecule has 0 radical (unpaired) electrons. The van der Waals surface area contributed by atoms with Gasteiger partial charge < -0.3 is 11.1 Å². The first kappa shape index (κ1) is 11.2. The maximum absolute atomic E-state index is 11.2. The van der Waals surface area contributed by atoms with Gasteiger partial charge in [-0.15, -0.1) is 0 Å². The fraction of sp³-hybridized carbons (Fsp3) is 0.273. The molecule has 0 aromatic heterocycles. The molecule has 3 N–H and O–H groups in total. The Hall–Kier alpha value is -1.33. The molecule has 1 aromatic rings. The first-order chi connectivity index (χ1) is 7.57. The largest absolute Gasteiger partial charge is 0.398 e. The standard InChI is InChI=1S/C11H14N2O2S/c12-11-4-2-1-3-9(11)7-13-10-5-6-16(14,15)8-10/h1-6,10,13H,7-8,12H2. The van der Waals surface area contributed by atoms with Crippen LogP contribution in [0.4, 0.5) is 5.69 Å². The molecule has 1 aliphatic heterocycles. The molecule has 0 spiro atoms. The molecule has 2 rings (SSSR count). The van der Waals surface area contributed by atoms with Gasteiger partial charge in [-0.2, -0.15) is 0 Å². The lowest BCUT2D eigenvalue weighted by Crippen LogP contribution is -2.29. The van der Waals surface area contributed by atoms with Crippen molar-refractivity contribution in [1.82, 2.24) is 5.32 Å². The molecule has 0 amide bonds. The number of sulfone groups is 1. The number of nitrogens with two attached hydrogens (primary N) is 1. The average molecular weight is 238 g/mol. The highest BCUT2D eigenvalue weighted by molar-refractivity contribution is 7.94. The molecule has 1 aromatic carbocycles. The van der Waals surface area contributed by atoms with E-state index in [4.69, 9.17) is 5.73 Å². The molecule has 1 aliphatic rings. The summed E-state index contributed by atoms with van der Waals surface area (Å²) in [5, 5.41) is 4.41. The lowest BCUT2D eigenvalue weighted by Gasteiger charge is -2.11. The highest BCUT2D eigenvalue weighted by atomic mass is 32.2. The van der Waals surface area contributed by atoms with Crippen molar-refractivity contribution in [3.05, 3.63) is 41.3 Å². The van der Waals surface area contributed by atoms with Crippen LogP contribution in [-0.2, 0) is 16.4 Å². The van der Waals surface area contributed by atoms with E-state index in [1.807, 2.05) is 24.3 Å². The summed E-state index contributed by atoms with van der Waals surface area (Å²) in [6.07, 6.45) is 1.68. The van der Waals surface area contributed by atoms with Crippen LogP contribution in [0.15, 0.2) is 35.7 Å². The number of benzene rings is 1. The molecule has 0 fully saturated rings. The van der Waals surface area contributed by atoms with Gasteiger partial charge in [0.15, 0.2) is 9.84 Å². The molecule has 0 bridgehead atoms. The zero-order valence-electron chi connectivity index (χ0n) is 8.76. The first-order valence-electron chi connectivity index (χ1n) is 5.04. The Morgan fingerprint density at radius 2 is 2.12 bits per heavy atom. The summed E-state index contributed by atoms with van der Waals surface area (Å²) in [6, 6.07) is 7.44. The molecule has 16 heavy (non-hydrogen) atoms. The fourth-order valence-corrected chi connectivity index (χ4v) is 2.91. The van der Waals surface area contributed by atoms with Crippen LogP contribution in [0.1, 0.15) is 5.56 Å². The minimum absolute atomic E-state index is 0.107. The van der Waals surface area contributed by atoms with Crippen molar-refractivity contribution in [2.24, 2.45) is 0 Å². The van der Waals surface area contributed by atoms with E-state index in [2.05, 4.69) is 5.32 Å². The molecule has 1 unspecified atom stereocenters. The maximum atomic E-state index is 11.2. The van der Waals surface area contributed by atoms with Gasteiger partial charge in [0, 0.05) is 23.7 Å². The molecular formula is C11H14N2O2S. The predicted octanol–water partition coefficient (Wildman–Crippen LogP) is 0.669. The lowest BCUT2D eigenvalue weighted by molar-refractivity contribution is 0.590. The molecule has 0 saturated carbocycles. The van der Waals surface area contributed by atoms with Crippen molar-refractivity contribution < 1.29 is 8.42 Å². The Labute approximate surface area is 95.1 Å². The number of rotatable bonds is 3. The molecule has 1 heterocycles. The summed E-state index contributed by atoms with van der Waals surface area (Å²) in [5.74, 6) is 0.139. The molecule has 1 atom stereocenters. The van der Waals surface area contributed by atoms with Gasteiger partial charge in [-0.3, -0.25) is 0 Å². The van der Waals surface area contributed by atoms with E-state index in [1.54, 1.807) is 6.08 Å². The Morgan fingerprint density at radius 1 is 1.38 bits per heavy atom. The third-order valence-electron chi connectivity index (χ3n) is 2.54. The van der Waals surface area contributed by atoms with Crippen LogP contribution in [0, 0.1) is 0 Å². The van der Waals surface area contributed by atoms with Gasteiger partial charge in [0.25, 0.3) is 0 Å². The quantitative estimate of drug-likeness (QED) is 0.759. The number of para-hydroxylation sites is 1. The van der Waals surface area contributed by atoms with E-state index < -0.39 is 9.84 Å². The zero-order valence-corrected chi connectivity index (χ0v) is 9.57. The summed E-state index contributed by atoms with van der Waals surface area (Å²) >= 11 is 0. The van der Waals surface area contributed by atoms with E-state index in [9.17, 15) is 8.42 Å². The summed E-state index contributed by atoms with van der Waals surface area (Å²) in [7, 11) is -2.98. The van der Waals surface area contributed by atoms with Gasteiger partial charge in [0.05, 0.1) is 5.75 Å². The van der Waals surface area contributed by atoms with Crippen LogP contribution in [0.2, 0.25) is 0 Å². The second-order valence-electron chi connectivity index (χ2n) is 3.84. The topological polar surface area (TPSA) is 72.2 Å². The van der Waals surface area contributed by atoms with Crippen molar-refractivity contribution >= 4 is 15.5 Å². The van der Waals surface area contributed by atoms with E-state index in [0.717, 1.165) is 11.3 Å². The van der Waals surface area contributed by atoms with Crippen molar-refractivity contribution in [1.29, 1.82) is 0 Å². The Balaban J connectivity index is 1.95. The molecular weight excluding hydrogens is 224 g/mol. The molecule has 86 valence electrons. The van der Waals surface area contributed by atoms with Gasteiger partial charge in [-0.25, -0.2) is 8.42 Å². The summed E-state index contributed by atoms with van der Waals surface area (Å²) < 4.78 is 22.3. The minimum atomic E-state index is -2.98. The Bertz CT molecular complexity index is 508.